The van der Waals surface area contributed by atoms with Crippen LogP contribution in [0.2, 0.25) is 0 Å². The first-order valence-electron chi connectivity index (χ1n) is 4.82. The summed E-state index contributed by atoms with van der Waals surface area (Å²) < 4.78 is 0. The van der Waals surface area contributed by atoms with Gasteiger partial charge in [0.1, 0.15) is 5.41 Å². The standard InChI is InChI=1S/C10H13N3O2/c1-5-6(2)12-9(11)13-7(5)10(3-4-10)8(14)15/h3-4H2,1-2H3,(H,14,15)(H2,11,12,13). The normalized spacial score (nSPS) is 17.5. The summed E-state index contributed by atoms with van der Waals surface area (Å²) in [6.45, 7) is 3.65. The molecule has 1 heterocycles. The number of rotatable bonds is 2. The lowest BCUT2D eigenvalue weighted by Gasteiger charge is -2.13. The largest absolute Gasteiger partial charge is 0.481 e. The molecule has 1 fully saturated rings. The topological polar surface area (TPSA) is 89.1 Å². The summed E-state index contributed by atoms with van der Waals surface area (Å²) in [5, 5.41) is 9.16. The summed E-state index contributed by atoms with van der Waals surface area (Å²) in [6, 6.07) is 0. The maximum absolute atomic E-state index is 11.2. The molecule has 5 nitrogen and oxygen atoms in total. The number of nitrogens with two attached hydrogens (primary N) is 1. The zero-order valence-electron chi connectivity index (χ0n) is 8.74. The van der Waals surface area contributed by atoms with Crippen molar-refractivity contribution < 1.29 is 9.90 Å². The highest BCUT2D eigenvalue weighted by atomic mass is 16.4. The van der Waals surface area contributed by atoms with Gasteiger partial charge in [-0.2, -0.15) is 0 Å². The van der Waals surface area contributed by atoms with Crippen LogP contribution in [0, 0.1) is 13.8 Å². The van der Waals surface area contributed by atoms with Crippen molar-refractivity contribution in [3.8, 4) is 0 Å². The molecule has 0 unspecified atom stereocenters. The minimum absolute atomic E-state index is 0.153. The first kappa shape index (κ1) is 9.89. The molecule has 80 valence electrons. The first-order chi connectivity index (χ1) is 6.97. The van der Waals surface area contributed by atoms with E-state index in [1.54, 1.807) is 0 Å². The number of aromatic nitrogens is 2. The summed E-state index contributed by atoms with van der Waals surface area (Å²) >= 11 is 0. The number of carboxylic acid groups (broad SMARTS) is 1. The smallest absolute Gasteiger partial charge is 0.315 e. The summed E-state index contributed by atoms with van der Waals surface area (Å²) in [5.41, 5.74) is 6.91. The number of hydrogen-bond acceptors (Lipinski definition) is 4. The van der Waals surface area contributed by atoms with Crippen molar-refractivity contribution >= 4 is 11.9 Å². The van der Waals surface area contributed by atoms with Crippen molar-refractivity contribution in [2.75, 3.05) is 5.73 Å². The van der Waals surface area contributed by atoms with Crippen LogP contribution < -0.4 is 5.73 Å². The Labute approximate surface area is 87.4 Å². The molecule has 0 amide bonds. The maximum Gasteiger partial charge on any atom is 0.315 e. The molecule has 0 spiro atoms. The van der Waals surface area contributed by atoms with E-state index in [0.29, 0.717) is 18.5 Å². The van der Waals surface area contributed by atoms with Crippen LogP contribution in [0.4, 0.5) is 5.95 Å². The van der Waals surface area contributed by atoms with Gasteiger partial charge in [-0.25, -0.2) is 9.97 Å². The van der Waals surface area contributed by atoms with Gasteiger partial charge in [0.2, 0.25) is 5.95 Å². The predicted molar refractivity (Wildman–Crippen MR) is 54.5 cm³/mol. The lowest BCUT2D eigenvalue weighted by Crippen LogP contribution is -2.23. The Morgan fingerprint density at radius 2 is 2.00 bits per heavy atom. The molecule has 1 aromatic rings. The molecule has 1 aliphatic rings. The number of carboxylic acids is 1. The number of aliphatic carboxylic acids is 1. The van der Waals surface area contributed by atoms with Crippen LogP contribution in [0.25, 0.3) is 0 Å². The van der Waals surface area contributed by atoms with Gasteiger partial charge in [0.05, 0.1) is 5.69 Å². The predicted octanol–water partition coefficient (Wildman–Crippen LogP) is 0.792. The third kappa shape index (κ3) is 1.35. The Morgan fingerprint density at radius 1 is 1.40 bits per heavy atom. The molecular formula is C10H13N3O2. The van der Waals surface area contributed by atoms with Crippen LogP contribution in [0.3, 0.4) is 0 Å². The third-order valence-electron chi connectivity index (χ3n) is 3.02. The Bertz CT molecular complexity index is 439. The van der Waals surface area contributed by atoms with Crippen molar-refractivity contribution in [3.63, 3.8) is 0 Å². The molecule has 3 N–H and O–H groups in total. The zero-order valence-corrected chi connectivity index (χ0v) is 8.74. The van der Waals surface area contributed by atoms with Crippen molar-refractivity contribution in [1.82, 2.24) is 9.97 Å². The van der Waals surface area contributed by atoms with Gasteiger partial charge in [0, 0.05) is 5.69 Å². The van der Waals surface area contributed by atoms with Gasteiger partial charge >= 0.3 is 5.97 Å². The minimum Gasteiger partial charge on any atom is -0.481 e. The number of aryl methyl sites for hydroxylation is 1. The van der Waals surface area contributed by atoms with E-state index in [9.17, 15) is 4.79 Å². The van der Waals surface area contributed by atoms with Crippen molar-refractivity contribution in [2.24, 2.45) is 0 Å². The molecule has 0 radical (unpaired) electrons. The second kappa shape index (κ2) is 2.92. The molecule has 1 aliphatic carbocycles. The molecule has 0 saturated heterocycles. The van der Waals surface area contributed by atoms with E-state index in [1.807, 2.05) is 13.8 Å². The van der Waals surface area contributed by atoms with Crippen LogP contribution in [0.5, 0.6) is 0 Å². The molecular weight excluding hydrogens is 194 g/mol. The van der Waals surface area contributed by atoms with Crippen LogP contribution in [-0.2, 0) is 10.2 Å². The van der Waals surface area contributed by atoms with E-state index in [-0.39, 0.29) is 5.95 Å². The average molecular weight is 207 g/mol. The number of anilines is 1. The lowest BCUT2D eigenvalue weighted by atomic mass is 9.97. The van der Waals surface area contributed by atoms with Gasteiger partial charge in [-0.1, -0.05) is 0 Å². The Hall–Kier alpha value is -1.65. The van der Waals surface area contributed by atoms with E-state index in [4.69, 9.17) is 10.8 Å². The molecule has 0 atom stereocenters. The van der Waals surface area contributed by atoms with E-state index < -0.39 is 11.4 Å². The Balaban J connectivity index is 2.58. The monoisotopic (exact) mass is 207 g/mol. The molecule has 0 bridgehead atoms. The maximum atomic E-state index is 11.2. The summed E-state index contributed by atoms with van der Waals surface area (Å²) in [7, 11) is 0. The number of carbonyl (C=O) groups is 1. The second-order valence-electron chi connectivity index (χ2n) is 4.03. The van der Waals surface area contributed by atoms with E-state index in [2.05, 4.69) is 9.97 Å². The SMILES string of the molecule is Cc1nc(N)nc(C2(C(=O)O)CC2)c1C. The summed E-state index contributed by atoms with van der Waals surface area (Å²) in [6.07, 6.45) is 1.28. The van der Waals surface area contributed by atoms with Crippen LogP contribution >= 0.6 is 0 Å². The van der Waals surface area contributed by atoms with Gasteiger partial charge in [0.15, 0.2) is 0 Å². The van der Waals surface area contributed by atoms with Gasteiger partial charge in [-0.05, 0) is 32.3 Å². The average Bonchev–Trinajstić information content (AvgIpc) is 2.91. The Morgan fingerprint density at radius 3 is 2.47 bits per heavy atom. The van der Waals surface area contributed by atoms with Crippen LogP contribution in [-0.4, -0.2) is 21.0 Å². The van der Waals surface area contributed by atoms with Gasteiger partial charge in [0.25, 0.3) is 0 Å². The second-order valence-corrected chi connectivity index (χ2v) is 4.03. The third-order valence-corrected chi connectivity index (χ3v) is 3.02. The minimum atomic E-state index is -0.817. The van der Waals surface area contributed by atoms with Crippen molar-refractivity contribution in [2.45, 2.75) is 32.1 Å². The highest BCUT2D eigenvalue weighted by molar-refractivity contribution is 5.84. The fourth-order valence-corrected chi connectivity index (χ4v) is 1.79. The van der Waals surface area contributed by atoms with E-state index >= 15 is 0 Å². The number of nitrogen functional groups attached to an aromatic ring is 1. The highest BCUT2D eigenvalue weighted by Crippen LogP contribution is 2.49. The fourth-order valence-electron chi connectivity index (χ4n) is 1.79. The van der Waals surface area contributed by atoms with Gasteiger partial charge in [-0.3, -0.25) is 4.79 Å². The molecule has 1 aromatic heterocycles. The zero-order chi connectivity index (χ0) is 11.2. The van der Waals surface area contributed by atoms with Gasteiger partial charge in [-0.15, -0.1) is 0 Å². The summed E-state index contributed by atoms with van der Waals surface area (Å²) in [4.78, 5) is 19.2. The van der Waals surface area contributed by atoms with Crippen LogP contribution in [0.1, 0.15) is 29.8 Å². The van der Waals surface area contributed by atoms with E-state index in [1.165, 1.54) is 0 Å². The molecule has 5 heteroatoms. The van der Waals surface area contributed by atoms with Crippen LogP contribution in [0.15, 0.2) is 0 Å². The summed E-state index contributed by atoms with van der Waals surface area (Å²) in [5.74, 6) is -0.663. The van der Waals surface area contributed by atoms with E-state index in [0.717, 1.165) is 11.3 Å². The fraction of sp³-hybridized carbons (Fsp3) is 0.500. The number of hydrogen-bond donors (Lipinski definition) is 2. The number of nitrogens with zero attached hydrogens (tertiary/aromatic N) is 2. The molecule has 2 rings (SSSR count). The lowest BCUT2D eigenvalue weighted by molar-refractivity contribution is -0.140. The van der Waals surface area contributed by atoms with Crippen molar-refractivity contribution in [1.29, 1.82) is 0 Å². The first-order valence-corrected chi connectivity index (χ1v) is 4.82. The molecule has 0 aliphatic heterocycles. The molecule has 1 saturated carbocycles. The highest BCUT2D eigenvalue weighted by Gasteiger charge is 2.54. The molecule has 0 aromatic carbocycles. The van der Waals surface area contributed by atoms with Gasteiger partial charge < -0.3 is 10.8 Å². The molecule has 15 heavy (non-hydrogen) atoms. The Kier molecular flexibility index (Phi) is 1.92. The quantitative estimate of drug-likeness (QED) is 0.748. The van der Waals surface area contributed by atoms with Crippen molar-refractivity contribution in [3.05, 3.63) is 17.0 Å².